The van der Waals surface area contributed by atoms with Crippen molar-refractivity contribution in [3.8, 4) is 11.5 Å². The normalized spacial score (nSPS) is 13.2. The van der Waals surface area contributed by atoms with Crippen LogP contribution in [0.1, 0.15) is 10.4 Å². The first-order valence-corrected chi connectivity index (χ1v) is 9.81. The van der Waals surface area contributed by atoms with Gasteiger partial charge in [0, 0.05) is 12.7 Å². The third-order valence-corrected chi connectivity index (χ3v) is 5.70. The Morgan fingerprint density at radius 2 is 1.75 bits per heavy atom. The van der Waals surface area contributed by atoms with Crippen LogP contribution in [0.2, 0.25) is 0 Å². The summed E-state index contributed by atoms with van der Waals surface area (Å²) in [7, 11) is -2.40. The molecule has 0 radical (unpaired) electrons. The number of nitrogens with zero attached hydrogens (tertiary/aromatic N) is 1. The molecule has 0 atom stereocenters. The van der Waals surface area contributed by atoms with Crippen molar-refractivity contribution in [2.24, 2.45) is 0 Å². The summed E-state index contributed by atoms with van der Waals surface area (Å²) in [6, 6.07) is 16.2. The summed E-state index contributed by atoms with van der Waals surface area (Å²) in [5.41, 5.74) is 0.975. The van der Waals surface area contributed by atoms with Crippen LogP contribution in [0.25, 0.3) is 0 Å². The number of hydrogen-bond acceptors (Lipinski definition) is 4. The molecule has 0 bridgehead atoms. The second-order valence-corrected chi connectivity index (χ2v) is 7.89. The molecule has 1 aliphatic heterocycles. The van der Waals surface area contributed by atoms with Crippen molar-refractivity contribution < 1.29 is 22.3 Å². The minimum absolute atomic E-state index is 0.166. The molecule has 1 heterocycles. The van der Waals surface area contributed by atoms with E-state index in [1.165, 1.54) is 35.2 Å². The lowest BCUT2D eigenvalue weighted by molar-refractivity contribution is 0.0993. The van der Waals surface area contributed by atoms with Gasteiger partial charge in [-0.1, -0.05) is 18.2 Å². The average molecular weight is 398 g/mol. The summed E-state index contributed by atoms with van der Waals surface area (Å²) in [5.74, 6) is -0.166. The molecule has 4 rings (SSSR count). The first-order valence-electron chi connectivity index (χ1n) is 8.32. The Hall–Kier alpha value is -3.39. The fourth-order valence-electron chi connectivity index (χ4n) is 2.93. The van der Waals surface area contributed by atoms with Crippen molar-refractivity contribution in [1.29, 1.82) is 0 Å². The Balaban J connectivity index is 1.71. The number of anilines is 2. The highest BCUT2D eigenvalue weighted by Crippen LogP contribution is 2.39. The van der Waals surface area contributed by atoms with E-state index in [4.69, 9.17) is 4.74 Å². The predicted octanol–water partition coefficient (Wildman–Crippen LogP) is 4.01. The van der Waals surface area contributed by atoms with Gasteiger partial charge in [0.2, 0.25) is 0 Å². The summed E-state index contributed by atoms with van der Waals surface area (Å²) >= 11 is 0. The number of hydrogen-bond donors (Lipinski definition) is 1. The molecule has 6 nitrogen and oxygen atoms in total. The van der Waals surface area contributed by atoms with E-state index in [1.807, 2.05) is 0 Å². The number of nitrogens with one attached hydrogen (secondary N) is 1. The van der Waals surface area contributed by atoms with Gasteiger partial charge in [-0.3, -0.25) is 9.52 Å². The molecule has 0 fully saturated rings. The Labute approximate surface area is 161 Å². The molecular formula is C20H15FN2O4S. The first-order chi connectivity index (χ1) is 13.3. The van der Waals surface area contributed by atoms with Gasteiger partial charge in [-0.05, 0) is 48.5 Å². The van der Waals surface area contributed by atoms with Gasteiger partial charge in [0.15, 0.2) is 5.75 Å². The van der Waals surface area contributed by atoms with E-state index >= 15 is 0 Å². The number of para-hydroxylation sites is 2. The van der Waals surface area contributed by atoms with Crippen LogP contribution >= 0.6 is 0 Å². The molecule has 3 aromatic carbocycles. The molecular weight excluding hydrogens is 383 g/mol. The highest BCUT2D eigenvalue weighted by molar-refractivity contribution is 7.92. The fourth-order valence-corrected chi connectivity index (χ4v) is 4.01. The Kier molecular flexibility index (Phi) is 4.27. The van der Waals surface area contributed by atoms with Gasteiger partial charge < -0.3 is 9.64 Å². The average Bonchev–Trinajstić information content (AvgIpc) is 2.77. The maximum Gasteiger partial charge on any atom is 0.261 e. The summed E-state index contributed by atoms with van der Waals surface area (Å²) in [6.45, 7) is 0. The van der Waals surface area contributed by atoms with Crippen LogP contribution in [0, 0.1) is 5.82 Å². The largest absolute Gasteiger partial charge is 0.454 e. The molecule has 1 N–H and O–H groups in total. The monoisotopic (exact) mass is 398 g/mol. The number of halogens is 1. The third-order valence-electron chi connectivity index (χ3n) is 4.32. The molecule has 1 aliphatic rings. The molecule has 8 heteroatoms. The number of fused-ring (bicyclic) bond motifs is 2. The zero-order valence-electron chi connectivity index (χ0n) is 14.7. The van der Waals surface area contributed by atoms with E-state index in [0.29, 0.717) is 17.2 Å². The van der Waals surface area contributed by atoms with Crippen molar-refractivity contribution >= 4 is 27.3 Å². The summed E-state index contributed by atoms with van der Waals surface area (Å²) in [5, 5.41) is 0. The van der Waals surface area contributed by atoms with Crippen LogP contribution in [0.15, 0.2) is 71.6 Å². The lowest BCUT2D eigenvalue weighted by Gasteiger charge is -2.16. The van der Waals surface area contributed by atoms with Crippen LogP contribution in [0.4, 0.5) is 15.8 Å². The van der Waals surface area contributed by atoms with E-state index in [1.54, 1.807) is 31.3 Å². The lowest BCUT2D eigenvalue weighted by Crippen LogP contribution is -2.25. The molecule has 0 unspecified atom stereocenters. The molecule has 0 saturated heterocycles. The van der Waals surface area contributed by atoms with E-state index in [0.717, 1.165) is 12.1 Å². The molecule has 0 aliphatic carbocycles. The van der Waals surface area contributed by atoms with Gasteiger partial charge in [0.1, 0.15) is 11.6 Å². The van der Waals surface area contributed by atoms with Crippen LogP contribution < -0.4 is 14.4 Å². The van der Waals surface area contributed by atoms with Crippen molar-refractivity contribution in [3.05, 3.63) is 78.1 Å². The number of rotatable bonds is 3. The van der Waals surface area contributed by atoms with Crippen LogP contribution in [-0.2, 0) is 10.0 Å². The molecule has 0 aromatic heterocycles. The Morgan fingerprint density at radius 1 is 0.964 bits per heavy atom. The molecule has 0 spiro atoms. The number of carbonyl (C=O) groups excluding carboxylic acids is 1. The number of carbonyl (C=O) groups is 1. The maximum atomic E-state index is 13.4. The number of ether oxygens (including phenoxy) is 1. The number of benzene rings is 3. The maximum absolute atomic E-state index is 13.4. The highest BCUT2D eigenvalue weighted by Gasteiger charge is 2.26. The van der Waals surface area contributed by atoms with Crippen molar-refractivity contribution in [2.45, 2.75) is 4.90 Å². The lowest BCUT2D eigenvalue weighted by atomic mass is 10.1. The quantitative estimate of drug-likeness (QED) is 0.723. The minimum Gasteiger partial charge on any atom is -0.454 e. The molecule has 28 heavy (non-hydrogen) atoms. The van der Waals surface area contributed by atoms with Gasteiger partial charge in [-0.2, -0.15) is 0 Å². The van der Waals surface area contributed by atoms with Gasteiger partial charge in [0.05, 0.1) is 16.1 Å². The zero-order valence-corrected chi connectivity index (χ0v) is 15.5. The summed E-state index contributed by atoms with van der Waals surface area (Å²) < 4.78 is 46.6. The number of sulfonamides is 1. The van der Waals surface area contributed by atoms with Crippen LogP contribution in [0.3, 0.4) is 0 Å². The predicted molar refractivity (Wildman–Crippen MR) is 103 cm³/mol. The summed E-state index contributed by atoms with van der Waals surface area (Å²) in [4.78, 5) is 14.1. The van der Waals surface area contributed by atoms with E-state index < -0.39 is 15.8 Å². The highest BCUT2D eigenvalue weighted by atomic mass is 32.2. The van der Waals surface area contributed by atoms with Crippen molar-refractivity contribution in [1.82, 2.24) is 0 Å². The third kappa shape index (κ3) is 3.18. The SMILES string of the molecule is CN1C(=O)c2cc(NS(=O)(=O)c3cccc(F)c3)ccc2Oc2ccccc21. The van der Waals surface area contributed by atoms with Crippen LogP contribution in [0.5, 0.6) is 11.5 Å². The van der Waals surface area contributed by atoms with Crippen molar-refractivity contribution in [2.75, 3.05) is 16.7 Å². The Bertz CT molecular complexity index is 1190. The smallest absolute Gasteiger partial charge is 0.261 e. The van der Waals surface area contributed by atoms with E-state index in [9.17, 15) is 17.6 Å². The first kappa shape index (κ1) is 18.0. The molecule has 1 amide bonds. The molecule has 0 saturated carbocycles. The van der Waals surface area contributed by atoms with Gasteiger partial charge in [-0.25, -0.2) is 12.8 Å². The molecule has 3 aromatic rings. The molecule has 142 valence electrons. The van der Waals surface area contributed by atoms with Gasteiger partial charge in [0.25, 0.3) is 15.9 Å². The fraction of sp³-hybridized carbons (Fsp3) is 0.0500. The van der Waals surface area contributed by atoms with E-state index in [-0.39, 0.29) is 22.1 Å². The second kappa shape index (κ2) is 6.65. The summed E-state index contributed by atoms with van der Waals surface area (Å²) in [6.07, 6.45) is 0. The topological polar surface area (TPSA) is 75.7 Å². The number of amides is 1. The second-order valence-electron chi connectivity index (χ2n) is 6.21. The van der Waals surface area contributed by atoms with Gasteiger partial charge >= 0.3 is 0 Å². The standard InChI is InChI=1S/C20H15FN2O4S/c1-23-17-7-2-3-8-19(17)27-18-10-9-14(12-16(18)20(23)24)22-28(25,26)15-6-4-5-13(21)11-15/h2-12,22H,1H3. The van der Waals surface area contributed by atoms with Gasteiger partial charge in [-0.15, -0.1) is 0 Å². The Morgan fingerprint density at radius 3 is 2.54 bits per heavy atom. The zero-order chi connectivity index (χ0) is 19.9. The van der Waals surface area contributed by atoms with Crippen molar-refractivity contribution in [3.63, 3.8) is 0 Å². The van der Waals surface area contributed by atoms with Crippen LogP contribution in [-0.4, -0.2) is 21.4 Å². The minimum atomic E-state index is -4.01. The van der Waals surface area contributed by atoms with E-state index in [2.05, 4.69) is 4.72 Å².